The molecule has 82 valence electrons. The third-order valence-electron chi connectivity index (χ3n) is 3.56. The first-order chi connectivity index (χ1) is 7.16. The van der Waals surface area contributed by atoms with Crippen molar-refractivity contribution >= 4 is 0 Å². The van der Waals surface area contributed by atoms with Gasteiger partial charge in [0.05, 0.1) is 0 Å². The summed E-state index contributed by atoms with van der Waals surface area (Å²) in [5, 5.41) is 3.37. The van der Waals surface area contributed by atoms with E-state index in [-0.39, 0.29) is 11.2 Å². The van der Waals surface area contributed by atoms with Crippen LogP contribution in [0.25, 0.3) is 0 Å². The minimum Gasteiger partial charge on any atom is -0.317 e. The van der Waals surface area contributed by atoms with E-state index in [1.54, 1.807) is 12.1 Å². The molecule has 0 aromatic heterocycles. The lowest BCUT2D eigenvalue weighted by molar-refractivity contribution is 0.588. The van der Waals surface area contributed by atoms with Gasteiger partial charge in [0.1, 0.15) is 5.82 Å². The first kappa shape index (κ1) is 10.6. The molecule has 1 aromatic rings. The molecule has 1 aliphatic rings. The normalized spacial score (nSPS) is 29.1. The molecule has 2 heteroatoms. The van der Waals surface area contributed by atoms with Crippen LogP contribution in [0.15, 0.2) is 24.3 Å². The summed E-state index contributed by atoms with van der Waals surface area (Å²) in [5.41, 5.74) is 1.54. The van der Waals surface area contributed by atoms with Crippen LogP contribution in [0.2, 0.25) is 0 Å². The van der Waals surface area contributed by atoms with Gasteiger partial charge < -0.3 is 5.32 Å². The van der Waals surface area contributed by atoms with E-state index in [0.717, 1.165) is 13.1 Å². The van der Waals surface area contributed by atoms with Crippen LogP contribution < -0.4 is 5.32 Å². The van der Waals surface area contributed by atoms with Crippen LogP contribution >= 0.6 is 0 Å². The van der Waals surface area contributed by atoms with Crippen LogP contribution in [0.1, 0.15) is 25.8 Å². The van der Waals surface area contributed by atoms with Gasteiger partial charge in [-0.1, -0.05) is 26.0 Å². The van der Waals surface area contributed by atoms with Crippen molar-refractivity contribution < 1.29 is 4.39 Å². The summed E-state index contributed by atoms with van der Waals surface area (Å²) in [5.74, 6) is 0.564. The van der Waals surface area contributed by atoms with Gasteiger partial charge in [0.25, 0.3) is 0 Å². The van der Waals surface area contributed by atoms with Gasteiger partial charge in [-0.05, 0) is 48.5 Å². The van der Waals surface area contributed by atoms with Crippen molar-refractivity contribution in [2.75, 3.05) is 13.1 Å². The highest BCUT2D eigenvalue weighted by molar-refractivity contribution is 5.32. The summed E-state index contributed by atoms with van der Waals surface area (Å²) in [6.45, 7) is 6.49. The van der Waals surface area contributed by atoms with Gasteiger partial charge in [-0.2, -0.15) is 0 Å². The molecule has 2 atom stereocenters. The molecular formula is C13H18FN. The topological polar surface area (TPSA) is 12.0 Å². The van der Waals surface area contributed by atoms with E-state index >= 15 is 0 Å². The lowest BCUT2D eigenvalue weighted by Gasteiger charge is -2.12. The number of hydrogen-bond donors (Lipinski definition) is 1. The highest BCUT2D eigenvalue weighted by atomic mass is 19.1. The second-order valence-electron chi connectivity index (χ2n) is 4.63. The Morgan fingerprint density at radius 3 is 2.67 bits per heavy atom. The fourth-order valence-electron chi connectivity index (χ4n) is 2.25. The summed E-state index contributed by atoms with van der Waals surface area (Å²) < 4.78 is 12.8. The van der Waals surface area contributed by atoms with Crippen LogP contribution in [-0.2, 0) is 5.41 Å². The van der Waals surface area contributed by atoms with E-state index < -0.39 is 0 Å². The molecule has 1 aliphatic carbocycles. The van der Waals surface area contributed by atoms with Crippen LogP contribution in [0.4, 0.5) is 4.39 Å². The van der Waals surface area contributed by atoms with Crippen molar-refractivity contribution in [2.24, 2.45) is 5.92 Å². The van der Waals surface area contributed by atoms with E-state index in [9.17, 15) is 4.39 Å². The van der Waals surface area contributed by atoms with Crippen LogP contribution in [0, 0.1) is 11.7 Å². The number of nitrogens with one attached hydrogen (secondary N) is 1. The van der Waals surface area contributed by atoms with E-state index in [1.807, 2.05) is 12.1 Å². The molecule has 1 N–H and O–H groups in total. The molecular weight excluding hydrogens is 189 g/mol. The monoisotopic (exact) mass is 207 g/mol. The molecule has 0 aliphatic heterocycles. The first-order valence-electron chi connectivity index (χ1n) is 5.63. The summed E-state index contributed by atoms with van der Waals surface area (Å²) in [6, 6.07) is 6.95. The molecule has 1 nitrogen and oxygen atoms in total. The average molecular weight is 207 g/mol. The van der Waals surface area contributed by atoms with Crippen LogP contribution in [-0.4, -0.2) is 13.1 Å². The summed E-state index contributed by atoms with van der Waals surface area (Å²) in [6.07, 6.45) is 1.21. The maximum absolute atomic E-state index is 12.8. The molecule has 1 aromatic carbocycles. The van der Waals surface area contributed by atoms with Gasteiger partial charge in [-0.15, -0.1) is 0 Å². The largest absolute Gasteiger partial charge is 0.317 e. The maximum Gasteiger partial charge on any atom is 0.123 e. The summed E-state index contributed by atoms with van der Waals surface area (Å²) in [4.78, 5) is 0. The molecule has 1 fully saturated rings. The van der Waals surface area contributed by atoms with Crippen molar-refractivity contribution in [2.45, 2.75) is 25.7 Å². The van der Waals surface area contributed by atoms with Crippen molar-refractivity contribution in [3.63, 3.8) is 0 Å². The van der Waals surface area contributed by atoms with E-state index in [0.29, 0.717) is 5.92 Å². The minimum absolute atomic E-state index is 0.147. The average Bonchev–Trinajstić information content (AvgIpc) is 2.89. The quantitative estimate of drug-likeness (QED) is 0.800. The second kappa shape index (κ2) is 3.93. The van der Waals surface area contributed by atoms with Crippen LogP contribution in [0.3, 0.4) is 0 Å². The maximum atomic E-state index is 12.8. The molecule has 1 saturated carbocycles. The Morgan fingerprint density at radius 1 is 1.40 bits per heavy atom. The SMILES string of the molecule is CCNCC1CC1(C)c1ccc(F)cc1. The minimum atomic E-state index is -0.147. The van der Waals surface area contributed by atoms with Gasteiger partial charge in [0, 0.05) is 0 Å². The Kier molecular flexibility index (Phi) is 2.79. The van der Waals surface area contributed by atoms with Crippen molar-refractivity contribution in [1.29, 1.82) is 0 Å². The predicted octanol–water partition coefficient (Wildman–Crippen LogP) is 2.71. The smallest absolute Gasteiger partial charge is 0.123 e. The van der Waals surface area contributed by atoms with Crippen molar-refractivity contribution in [1.82, 2.24) is 5.32 Å². The zero-order valence-corrected chi connectivity index (χ0v) is 9.39. The third kappa shape index (κ3) is 2.05. The predicted molar refractivity (Wildman–Crippen MR) is 60.4 cm³/mol. The second-order valence-corrected chi connectivity index (χ2v) is 4.63. The highest BCUT2D eigenvalue weighted by Gasteiger charge is 2.50. The van der Waals surface area contributed by atoms with Crippen molar-refractivity contribution in [3.8, 4) is 0 Å². The molecule has 0 bridgehead atoms. The van der Waals surface area contributed by atoms with Gasteiger partial charge in [0.2, 0.25) is 0 Å². The number of hydrogen-bond acceptors (Lipinski definition) is 1. The third-order valence-corrected chi connectivity index (χ3v) is 3.56. The van der Waals surface area contributed by atoms with E-state index in [2.05, 4.69) is 19.2 Å². The fourth-order valence-corrected chi connectivity index (χ4v) is 2.25. The Morgan fingerprint density at radius 2 is 2.07 bits per heavy atom. The Labute approximate surface area is 90.7 Å². The van der Waals surface area contributed by atoms with Gasteiger partial charge in [0.15, 0.2) is 0 Å². The first-order valence-corrected chi connectivity index (χ1v) is 5.63. The van der Waals surface area contributed by atoms with E-state index in [1.165, 1.54) is 12.0 Å². The molecule has 0 amide bonds. The Balaban J connectivity index is 2.03. The Hall–Kier alpha value is -0.890. The fraction of sp³-hybridized carbons (Fsp3) is 0.538. The van der Waals surface area contributed by atoms with Crippen LogP contribution in [0.5, 0.6) is 0 Å². The molecule has 15 heavy (non-hydrogen) atoms. The van der Waals surface area contributed by atoms with Gasteiger partial charge >= 0.3 is 0 Å². The lowest BCUT2D eigenvalue weighted by atomic mass is 9.95. The Bertz CT molecular complexity index is 333. The standard InChI is InChI=1S/C13H18FN/c1-3-15-9-11-8-13(11,2)10-4-6-12(14)7-5-10/h4-7,11,15H,3,8-9H2,1-2H3. The zero-order valence-electron chi connectivity index (χ0n) is 9.39. The molecule has 0 spiro atoms. The lowest BCUT2D eigenvalue weighted by Crippen LogP contribution is -2.19. The highest BCUT2D eigenvalue weighted by Crippen LogP contribution is 2.53. The molecule has 2 rings (SSSR count). The number of rotatable bonds is 4. The van der Waals surface area contributed by atoms with E-state index in [4.69, 9.17) is 0 Å². The van der Waals surface area contributed by atoms with Gasteiger partial charge in [-0.3, -0.25) is 0 Å². The van der Waals surface area contributed by atoms with Crippen molar-refractivity contribution in [3.05, 3.63) is 35.6 Å². The summed E-state index contributed by atoms with van der Waals surface area (Å²) in [7, 11) is 0. The molecule has 2 unspecified atom stereocenters. The number of halogens is 1. The molecule has 0 saturated heterocycles. The molecule has 0 heterocycles. The zero-order chi connectivity index (χ0) is 10.9. The van der Waals surface area contributed by atoms with Gasteiger partial charge in [-0.25, -0.2) is 4.39 Å². The summed E-state index contributed by atoms with van der Waals surface area (Å²) >= 11 is 0. The number of benzene rings is 1. The molecule has 0 radical (unpaired) electrons.